The van der Waals surface area contributed by atoms with Crippen LogP contribution in [0, 0.1) is 5.82 Å². The van der Waals surface area contributed by atoms with E-state index in [0.29, 0.717) is 5.69 Å². The number of amides is 1. The molecule has 0 saturated carbocycles. The van der Waals surface area contributed by atoms with Gasteiger partial charge in [0.25, 0.3) is 5.91 Å². The fraction of sp³-hybridized carbons (Fsp3) is 0.0909. The maximum atomic E-state index is 13.1. The fourth-order valence-electron chi connectivity index (χ4n) is 1.33. The second kappa shape index (κ2) is 4.65. The summed E-state index contributed by atoms with van der Waals surface area (Å²) in [5, 5.41) is 6.19. The number of hydrogen-bond acceptors (Lipinski definition) is 4. The molecule has 0 aliphatic carbocycles. The maximum absolute atomic E-state index is 13.1. The highest BCUT2D eigenvalue weighted by Crippen LogP contribution is 2.15. The van der Waals surface area contributed by atoms with Gasteiger partial charge in [0.15, 0.2) is 0 Å². The largest absolute Gasteiger partial charge is 0.396 e. The smallest absolute Gasteiger partial charge is 0.253 e. The molecule has 88 valence electrons. The Bertz CT molecular complexity index is 526. The molecule has 0 aliphatic heterocycles. The zero-order valence-corrected chi connectivity index (χ0v) is 8.81. The van der Waals surface area contributed by atoms with E-state index < -0.39 is 11.7 Å². The number of carbonyl (C=O) groups excluding carboxylic acids is 1. The van der Waals surface area contributed by atoms with Crippen LogP contribution in [0.2, 0.25) is 0 Å². The number of nitrogens with zero attached hydrogens (tertiary/aromatic N) is 1. The predicted octanol–water partition coefficient (Wildman–Crippen LogP) is 1.33. The third kappa shape index (κ3) is 2.41. The average Bonchev–Trinajstić information content (AvgIpc) is 2.82. The normalized spacial score (nSPS) is 10.2. The second-order valence-electron chi connectivity index (χ2n) is 3.37. The summed E-state index contributed by atoms with van der Waals surface area (Å²) < 4.78 is 17.7. The molecule has 1 heterocycles. The molecular weight excluding hydrogens is 225 g/mol. The quantitative estimate of drug-likeness (QED) is 0.786. The van der Waals surface area contributed by atoms with Crippen molar-refractivity contribution in [2.45, 2.75) is 6.54 Å². The zero-order chi connectivity index (χ0) is 12.3. The number of rotatable bonds is 3. The van der Waals surface area contributed by atoms with Crippen LogP contribution >= 0.6 is 0 Å². The lowest BCUT2D eigenvalue weighted by Crippen LogP contribution is -2.24. The molecule has 0 aliphatic rings. The van der Waals surface area contributed by atoms with Gasteiger partial charge in [0.2, 0.25) is 0 Å². The summed E-state index contributed by atoms with van der Waals surface area (Å²) in [7, 11) is 0. The van der Waals surface area contributed by atoms with E-state index in [1.54, 1.807) is 6.07 Å². The van der Waals surface area contributed by atoms with Crippen molar-refractivity contribution in [3.05, 3.63) is 47.6 Å². The van der Waals surface area contributed by atoms with Crippen molar-refractivity contribution in [2.75, 3.05) is 5.73 Å². The summed E-state index contributed by atoms with van der Waals surface area (Å²) in [6.07, 6.45) is 1.40. The highest BCUT2D eigenvalue weighted by atomic mass is 19.1. The lowest BCUT2D eigenvalue weighted by Gasteiger charge is -2.06. The van der Waals surface area contributed by atoms with Gasteiger partial charge >= 0.3 is 0 Å². The number of carbonyl (C=O) groups is 1. The van der Waals surface area contributed by atoms with E-state index in [0.717, 1.165) is 0 Å². The Morgan fingerprint density at radius 2 is 2.29 bits per heavy atom. The van der Waals surface area contributed by atoms with Gasteiger partial charge in [-0.2, -0.15) is 0 Å². The first-order chi connectivity index (χ1) is 8.18. The Hall–Kier alpha value is -2.37. The van der Waals surface area contributed by atoms with E-state index in [1.165, 1.54) is 24.5 Å². The van der Waals surface area contributed by atoms with Gasteiger partial charge in [0, 0.05) is 6.07 Å². The van der Waals surface area contributed by atoms with Gasteiger partial charge in [0.05, 0.1) is 17.8 Å². The topological polar surface area (TPSA) is 81.2 Å². The van der Waals surface area contributed by atoms with Crippen molar-refractivity contribution in [1.82, 2.24) is 10.5 Å². The van der Waals surface area contributed by atoms with Crippen molar-refractivity contribution in [3.8, 4) is 0 Å². The monoisotopic (exact) mass is 235 g/mol. The third-order valence-electron chi connectivity index (χ3n) is 2.22. The predicted molar refractivity (Wildman–Crippen MR) is 58.5 cm³/mol. The molecule has 6 heteroatoms. The molecule has 2 aromatic rings. The lowest BCUT2D eigenvalue weighted by atomic mass is 10.1. The number of benzene rings is 1. The van der Waals surface area contributed by atoms with Crippen LogP contribution in [0.15, 0.2) is 35.1 Å². The SMILES string of the molecule is Nc1c(F)cccc1C(=O)NCc1ccon1. The summed E-state index contributed by atoms with van der Waals surface area (Å²) in [6, 6.07) is 5.70. The molecule has 17 heavy (non-hydrogen) atoms. The molecule has 0 fully saturated rings. The molecule has 0 radical (unpaired) electrons. The Balaban J connectivity index is 2.07. The van der Waals surface area contributed by atoms with Gasteiger partial charge in [0.1, 0.15) is 17.8 Å². The minimum atomic E-state index is -0.612. The van der Waals surface area contributed by atoms with E-state index in [2.05, 4.69) is 15.0 Å². The first-order valence-corrected chi connectivity index (χ1v) is 4.90. The van der Waals surface area contributed by atoms with E-state index >= 15 is 0 Å². The first-order valence-electron chi connectivity index (χ1n) is 4.90. The van der Waals surface area contributed by atoms with Crippen molar-refractivity contribution >= 4 is 11.6 Å². The number of nitrogens with one attached hydrogen (secondary N) is 1. The van der Waals surface area contributed by atoms with Gasteiger partial charge in [-0.1, -0.05) is 11.2 Å². The van der Waals surface area contributed by atoms with Crippen LogP contribution in [0.1, 0.15) is 16.1 Å². The van der Waals surface area contributed by atoms with Gasteiger partial charge in [-0.15, -0.1) is 0 Å². The molecule has 0 spiro atoms. The van der Waals surface area contributed by atoms with E-state index in [9.17, 15) is 9.18 Å². The lowest BCUT2D eigenvalue weighted by molar-refractivity contribution is 0.0950. The number of para-hydroxylation sites is 1. The van der Waals surface area contributed by atoms with Gasteiger partial charge < -0.3 is 15.6 Å². The summed E-state index contributed by atoms with van der Waals surface area (Å²) in [5.41, 5.74) is 5.98. The molecule has 0 unspecified atom stereocenters. The summed E-state index contributed by atoms with van der Waals surface area (Å²) in [4.78, 5) is 11.7. The molecule has 1 aromatic carbocycles. The summed E-state index contributed by atoms with van der Waals surface area (Å²) >= 11 is 0. The van der Waals surface area contributed by atoms with Gasteiger partial charge in [-0.05, 0) is 12.1 Å². The number of halogens is 1. The van der Waals surface area contributed by atoms with Crippen LogP contribution in [0.25, 0.3) is 0 Å². The number of anilines is 1. The standard InChI is InChI=1S/C11H10FN3O2/c12-9-3-1-2-8(10(9)13)11(16)14-6-7-4-5-17-15-7/h1-5H,6,13H2,(H,14,16). The molecule has 3 N–H and O–H groups in total. The summed E-state index contributed by atoms with van der Waals surface area (Å²) in [5.74, 6) is -1.07. The highest BCUT2D eigenvalue weighted by Gasteiger charge is 2.12. The Kier molecular flexibility index (Phi) is 3.04. The van der Waals surface area contributed by atoms with Crippen molar-refractivity contribution in [3.63, 3.8) is 0 Å². The van der Waals surface area contributed by atoms with Crippen LogP contribution < -0.4 is 11.1 Å². The number of nitrogen functional groups attached to an aromatic ring is 1. The highest BCUT2D eigenvalue weighted by molar-refractivity contribution is 5.99. The molecular formula is C11H10FN3O2. The van der Waals surface area contributed by atoms with Crippen molar-refractivity contribution < 1.29 is 13.7 Å². The third-order valence-corrected chi connectivity index (χ3v) is 2.22. The molecule has 1 aromatic heterocycles. The van der Waals surface area contributed by atoms with E-state index in [-0.39, 0.29) is 17.8 Å². The Morgan fingerprint density at radius 1 is 1.47 bits per heavy atom. The number of aromatic nitrogens is 1. The Morgan fingerprint density at radius 3 is 3.00 bits per heavy atom. The van der Waals surface area contributed by atoms with Crippen LogP contribution in [0.5, 0.6) is 0 Å². The van der Waals surface area contributed by atoms with Gasteiger partial charge in [-0.3, -0.25) is 4.79 Å². The minimum Gasteiger partial charge on any atom is -0.396 e. The molecule has 0 bridgehead atoms. The number of nitrogens with two attached hydrogens (primary N) is 1. The van der Waals surface area contributed by atoms with Crippen LogP contribution in [-0.4, -0.2) is 11.1 Å². The first kappa shape index (κ1) is 11.1. The van der Waals surface area contributed by atoms with Crippen molar-refractivity contribution in [1.29, 1.82) is 0 Å². The maximum Gasteiger partial charge on any atom is 0.253 e. The van der Waals surface area contributed by atoms with Crippen LogP contribution in [-0.2, 0) is 6.54 Å². The second-order valence-corrected chi connectivity index (χ2v) is 3.37. The van der Waals surface area contributed by atoms with Crippen molar-refractivity contribution in [2.24, 2.45) is 0 Å². The number of hydrogen-bond donors (Lipinski definition) is 2. The van der Waals surface area contributed by atoms with Crippen LogP contribution in [0.4, 0.5) is 10.1 Å². The molecule has 2 rings (SSSR count). The molecule has 0 atom stereocenters. The summed E-state index contributed by atoms with van der Waals surface area (Å²) in [6.45, 7) is 0.200. The average molecular weight is 235 g/mol. The van der Waals surface area contributed by atoms with E-state index in [4.69, 9.17) is 5.73 Å². The fourth-order valence-corrected chi connectivity index (χ4v) is 1.33. The van der Waals surface area contributed by atoms with Crippen LogP contribution in [0.3, 0.4) is 0 Å². The van der Waals surface area contributed by atoms with E-state index in [1.807, 2.05) is 0 Å². The molecule has 1 amide bonds. The Labute approximate surface area is 96.4 Å². The van der Waals surface area contributed by atoms with Gasteiger partial charge in [-0.25, -0.2) is 4.39 Å². The molecule has 5 nitrogen and oxygen atoms in total. The zero-order valence-electron chi connectivity index (χ0n) is 8.81. The molecule has 0 saturated heterocycles. The minimum absolute atomic E-state index is 0.105.